The molecule has 0 unspecified atom stereocenters. The van der Waals surface area contributed by atoms with Gasteiger partial charge in [0, 0.05) is 12.1 Å². The van der Waals surface area contributed by atoms with E-state index in [1.54, 1.807) is 19.1 Å². The van der Waals surface area contributed by atoms with Crippen LogP contribution in [0.5, 0.6) is 23.0 Å². The summed E-state index contributed by atoms with van der Waals surface area (Å²) in [5.41, 5.74) is 2.43. The summed E-state index contributed by atoms with van der Waals surface area (Å²) in [5, 5.41) is 0. The molecule has 4 aromatic carbocycles. The van der Waals surface area contributed by atoms with Crippen LogP contribution in [0.2, 0.25) is 0 Å². The molecule has 4 aromatic rings. The van der Waals surface area contributed by atoms with Gasteiger partial charge in [-0.2, -0.15) is 0 Å². The minimum absolute atomic E-state index is 0.0711. The van der Waals surface area contributed by atoms with Crippen molar-refractivity contribution in [3.8, 4) is 23.0 Å². The lowest BCUT2D eigenvalue weighted by molar-refractivity contribution is 0.0727. The number of rotatable bonds is 9. The van der Waals surface area contributed by atoms with Gasteiger partial charge in [-0.1, -0.05) is 54.6 Å². The van der Waals surface area contributed by atoms with Crippen molar-refractivity contribution < 1.29 is 19.0 Å². The lowest BCUT2D eigenvalue weighted by atomic mass is 10.1. The van der Waals surface area contributed by atoms with Gasteiger partial charge in [-0.05, 0) is 54.1 Å². The molecule has 0 N–H and O–H groups in total. The maximum Gasteiger partial charge on any atom is 0.254 e. The summed E-state index contributed by atoms with van der Waals surface area (Å²) in [6, 6.07) is 32.3. The van der Waals surface area contributed by atoms with Crippen molar-refractivity contribution in [2.75, 3.05) is 14.2 Å². The van der Waals surface area contributed by atoms with Crippen LogP contribution in [0.4, 0.5) is 0 Å². The molecule has 0 aliphatic rings. The van der Waals surface area contributed by atoms with Gasteiger partial charge in [0.05, 0.1) is 26.3 Å². The molecule has 172 valence electrons. The molecular weight excluding hydrogens is 426 g/mol. The molecular formula is C29H27NO4. The summed E-state index contributed by atoms with van der Waals surface area (Å²) < 4.78 is 17.0. The van der Waals surface area contributed by atoms with E-state index in [2.05, 4.69) is 0 Å². The molecule has 0 aromatic heterocycles. The monoisotopic (exact) mass is 453 g/mol. The van der Waals surface area contributed by atoms with Crippen molar-refractivity contribution >= 4 is 5.91 Å². The number of hydrogen-bond donors (Lipinski definition) is 0. The topological polar surface area (TPSA) is 48.0 Å². The predicted octanol–water partition coefficient (Wildman–Crippen LogP) is 6.34. The Labute approximate surface area is 200 Å². The summed E-state index contributed by atoms with van der Waals surface area (Å²) >= 11 is 0. The van der Waals surface area contributed by atoms with Gasteiger partial charge >= 0.3 is 0 Å². The predicted molar refractivity (Wildman–Crippen MR) is 133 cm³/mol. The van der Waals surface area contributed by atoms with Gasteiger partial charge in [-0.3, -0.25) is 4.79 Å². The van der Waals surface area contributed by atoms with Gasteiger partial charge in [0.1, 0.15) is 23.0 Å². The van der Waals surface area contributed by atoms with Crippen LogP contribution in [0.25, 0.3) is 0 Å². The Kier molecular flexibility index (Phi) is 7.45. The third-order valence-electron chi connectivity index (χ3n) is 5.46. The molecule has 0 saturated carbocycles. The number of methoxy groups -OCH3 is 2. The number of ether oxygens (including phenoxy) is 3. The minimum Gasteiger partial charge on any atom is -0.496 e. The summed E-state index contributed by atoms with van der Waals surface area (Å²) in [5.74, 6) is 2.80. The third-order valence-corrected chi connectivity index (χ3v) is 5.46. The maximum atomic E-state index is 13.5. The molecule has 0 spiro atoms. The second-order valence-electron chi connectivity index (χ2n) is 7.73. The molecule has 0 aliphatic carbocycles. The number of benzene rings is 4. The van der Waals surface area contributed by atoms with Gasteiger partial charge in [-0.25, -0.2) is 0 Å². The zero-order valence-corrected chi connectivity index (χ0v) is 19.3. The number of amides is 1. The van der Waals surface area contributed by atoms with Crippen molar-refractivity contribution in [3.63, 3.8) is 0 Å². The highest BCUT2D eigenvalue weighted by Gasteiger charge is 2.21. The van der Waals surface area contributed by atoms with Gasteiger partial charge in [0.2, 0.25) is 0 Å². The zero-order valence-electron chi connectivity index (χ0n) is 19.3. The molecule has 5 heteroatoms. The van der Waals surface area contributed by atoms with Crippen LogP contribution in [0.1, 0.15) is 21.5 Å². The van der Waals surface area contributed by atoms with Crippen molar-refractivity contribution in [1.29, 1.82) is 0 Å². The normalized spacial score (nSPS) is 10.4. The van der Waals surface area contributed by atoms with Gasteiger partial charge in [0.15, 0.2) is 0 Å². The van der Waals surface area contributed by atoms with E-state index in [0.29, 0.717) is 30.2 Å². The first-order valence-electron chi connectivity index (χ1n) is 11.0. The van der Waals surface area contributed by atoms with Gasteiger partial charge in [0.25, 0.3) is 5.91 Å². The minimum atomic E-state index is -0.0711. The Bertz CT molecular complexity index is 1190. The summed E-state index contributed by atoms with van der Waals surface area (Å²) in [6.45, 7) is 0.754. The van der Waals surface area contributed by atoms with Crippen LogP contribution in [0.3, 0.4) is 0 Å². The molecule has 5 nitrogen and oxygen atoms in total. The third kappa shape index (κ3) is 5.56. The van der Waals surface area contributed by atoms with Crippen LogP contribution in [0.15, 0.2) is 103 Å². The van der Waals surface area contributed by atoms with Crippen molar-refractivity contribution in [2.45, 2.75) is 13.1 Å². The second-order valence-corrected chi connectivity index (χ2v) is 7.73. The fraction of sp³-hybridized carbons (Fsp3) is 0.138. The molecule has 34 heavy (non-hydrogen) atoms. The SMILES string of the molecule is COc1cccc(OC)c1CN(Cc1ccc(Oc2ccccc2)cc1)C(=O)c1ccccc1. The maximum absolute atomic E-state index is 13.5. The molecule has 4 rings (SSSR count). The number of carbonyl (C=O) groups excluding carboxylic acids is 1. The molecule has 0 aliphatic heterocycles. The standard InChI is InChI=1S/C29H27NO4/c1-32-27-14-9-15-28(33-2)26(27)21-30(29(31)23-10-5-3-6-11-23)20-22-16-18-25(19-17-22)34-24-12-7-4-8-13-24/h3-19H,20-21H2,1-2H3. The molecule has 0 radical (unpaired) electrons. The number of hydrogen-bond acceptors (Lipinski definition) is 4. The average molecular weight is 454 g/mol. The zero-order chi connectivity index (χ0) is 23.8. The van der Waals surface area contributed by atoms with Crippen molar-refractivity contribution in [2.24, 2.45) is 0 Å². The van der Waals surface area contributed by atoms with E-state index < -0.39 is 0 Å². The Morgan fingerprint density at radius 1 is 0.647 bits per heavy atom. The Morgan fingerprint density at radius 2 is 1.21 bits per heavy atom. The number of para-hydroxylation sites is 1. The lowest BCUT2D eigenvalue weighted by Crippen LogP contribution is -2.30. The molecule has 0 fully saturated rings. The van der Waals surface area contributed by atoms with Crippen LogP contribution < -0.4 is 14.2 Å². The molecule has 1 amide bonds. The van der Waals surface area contributed by atoms with Gasteiger partial charge < -0.3 is 19.1 Å². The van der Waals surface area contributed by atoms with Crippen LogP contribution >= 0.6 is 0 Å². The largest absolute Gasteiger partial charge is 0.496 e. The first-order valence-corrected chi connectivity index (χ1v) is 11.0. The van der Waals surface area contributed by atoms with Crippen LogP contribution in [-0.2, 0) is 13.1 Å². The van der Waals surface area contributed by atoms with E-state index in [9.17, 15) is 4.79 Å². The first kappa shape index (κ1) is 22.9. The fourth-order valence-electron chi connectivity index (χ4n) is 3.75. The fourth-order valence-corrected chi connectivity index (χ4v) is 3.75. The van der Waals surface area contributed by atoms with E-state index >= 15 is 0 Å². The Balaban J connectivity index is 1.60. The number of carbonyl (C=O) groups is 1. The summed E-state index contributed by atoms with van der Waals surface area (Å²) in [7, 11) is 3.24. The van der Waals surface area contributed by atoms with Crippen molar-refractivity contribution in [1.82, 2.24) is 4.90 Å². The highest BCUT2D eigenvalue weighted by molar-refractivity contribution is 5.94. The highest BCUT2D eigenvalue weighted by atomic mass is 16.5. The second kappa shape index (κ2) is 11.1. The molecule has 0 heterocycles. The van der Waals surface area contributed by atoms with E-state index in [1.165, 1.54) is 0 Å². The Hall–Kier alpha value is -4.25. The lowest BCUT2D eigenvalue weighted by Gasteiger charge is -2.25. The smallest absolute Gasteiger partial charge is 0.254 e. The molecule has 0 atom stereocenters. The van der Waals surface area contributed by atoms with Crippen molar-refractivity contribution in [3.05, 3.63) is 120 Å². The molecule has 0 saturated heterocycles. The van der Waals surface area contributed by atoms with Crippen LogP contribution in [0, 0.1) is 0 Å². The molecule has 0 bridgehead atoms. The number of nitrogens with zero attached hydrogens (tertiary/aromatic N) is 1. The first-order chi connectivity index (χ1) is 16.7. The van der Waals surface area contributed by atoms with Crippen LogP contribution in [-0.4, -0.2) is 25.0 Å². The quantitative estimate of drug-likeness (QED) is 0.297. The average Bonchev–Trinajstić information content (AvgIpc) is 2.90. The highest BCUT2D eigenvalue weighted by Crippen LogP contribution is 2.31. The van der Waals surface area contributed by atoms with Gasteiger partial charge in [-0.15, -0.1) is 0 Å². The summed E-state index contributed by atoms with van der Waals surface area (Å²) in [6.07, 6.45) is 0. The van der Waals surface area contributed by atoms with E-state index in [-0.39, 0.29) is 5.91 Å². The summed E-state index contributed by atoms with van der Waals surface area (Å²) in [4.78, 5) is 15.3. The van der Waals surface area contributed by atoms with E-state index in [0.717, 1.165) is 22.6 Å². The Morgan fingerprint density at radius 3 is 1.79 bits per heavy atom. The van der Waals surface area contributed by atoms with E-state index in [1.807, 2.05) is 103 Å². The van der Waals surface area contributed by atoms with E-state index in [4.69, 9.17) is 14.2 Å².